The van der Waals surface area contributed by atoms with Gasteiger partial charge in [-0.05, 0) is 25.1 Å². The van der Waals surface area contributed by atoms with Crippen LogP contribution < -0.4 is 5.32 Å². The van der Waals surface area contributed by atoms with Crippen molar-refractivity contribution in [2.45, 2.75) is 13.5 Å². The summed E-state index contributed by atoms with van der Waals surface area (Å²) in [6.45, 7) is 2.07. The summed E-state index contributed by atoms with van der Waals surface area (Å²) >= 11 is 1.44. The summed E-state index contributed by atoms with van der Waals surface area (Å²) in [5.41, 5.74) is 0.702. The summed E-state index contributed by atoms with van der Waals surface area (Å²) in [6.07, 6.45) is 1.71. The molecule has 0 saturated carbocycles. The maximum atomic E-state index is 13.1. The number of rotatable bonds is 3. The molecule has 0 aliphatic heterocycles. The van der Waals surface area contributed by atoms with Crippen molar-refractivity contribution >= 4 is 22.2 Å². The Balaban J connectivity index is 1.69. The monoisotopic (exact) mass is 308 g/mol. The molecule has 0 bridgehead atoms. The lowest BCUT2D eigenvalue weighted by atomic mass is 10.2. The van der Waals surface area contributed by atoms with Crippen LogP contribution in [0.15, 0.2) is 24.4 Å². The Morgan fingerprint density at radius 1 is 1.38 bits per heavy atom. The third-order valence-electron chi connectivity index (χ3n) is 2.81. The minimum Gasteiger partial charge on any atom is -0.346 e. The van der Waals surface area contributed by atoms with Gasteiger partial charge in [-0.2, -0.15) is 5.10 Å². The number of aromatic nitrogens is 3. The summed E-state index contributed by atoms with van der Waals surface area (Å²) in [5.74, 6) is -2.53. The van der Waals surface area contributed by atoms with Crippen LogP contribution in [0.4, 0.5) is 8.78 Å². The second-order valence-electron chi connectivity index (χ2n) is 4.39. The summed E-state index contributed by atoms with van der Waals surface area (Å²) in [6, 6.07) is 3.01. The number of hydrogen-bond donors (Lipinski definition) is 1. The van der Waals surface area contributed by atoms with Gasteiger partial charge in [0.1, 0.15) is 5.01 Å². The molecule has 1 aromatic carbocycles. The molecule has 3 aromatic rings. The zero-order chi connectivity index (χ0) is 15.0. The van der Waals surface area contributed by atoms with Crippen LogP contribution in [0, 0.1) is 18.6 Å². The molecular formula is C13H10F2N4OS. The van der Waals surface area contributed by atoms with Gasteiger partial charge in [-0.1, -0.05) is 11.3 Å². The highest BCUT2D eigenvalue weighted by Gasteiger charge is 2.11. The van der Waals surface area contributed by atoms with Crippen LogP contribution in [0.25, 0.3) is 4.96 Å². The van der Waals surface area contributed by atoms with E-state index in [9.17, 15) is 13.6 Å². The van der Waals surface area contributed by atoms with E-state index < -0.39 is 17.5 Å². The van der Waals surface area contributed by atoms with E-state index in [1.165, 1.54) is 17.4 Å². The highest BCUT2D eigenvalue weighted by Crippen LogP contribution is 2.13. The van der Waals surface area contributed by atoms with E-state index >= 15 is 0 Å². The Bertz CT molecular complexity index is 795. The van der Waals surface area contributed by atoms with Crippen LogP contribution in [0.5, 0.6) is 0 Å². The van der Waals surface area contributed by atoms with Crippen LogP contribution >= 0.6 is 11.3 Å². The smallest absolute Gasteiger partial charge is 0.251 e. The molecule has 3 rings (SSSR count). The number of benzene rings is 1. The first-order valence-electron chi connectivity index (χ1n) is 6.08. The van der Waals surface area contributed by atoms with Gasteiger partial charge in [0.05, 0.1) is 18.4 Å². The first-order chi connectivity index (χ1) is 10.0. The Morgan fingerprint density at radius 2 is 2.19 bits per heavy atom. The van der Waals surface area contributed by atoms with Crippen molar-refractivity contribution in [3.05, 3.63) is 52.3 Å². The average Bonchev–Trinajstić information content (AvgIpc) is 2.96. The molecule has 1 amide bonds. The first kappa shape index (κ1) is 13.6. The van der Waals surface area contributed by atoms with Gasteiger partial charge in [0, 0.05) is 5.56 Å². The molecular weight excluding hydrogens is 298 g/mol. The van der Waals surface area contributed by atoms with Crippen molar-refractivity contribution in [1.82, 2.24) is 19.9 Å². The quantitative estimate of drug-likeness (QED) is 0.808. The second-order valence-corrected chi connectivity index (χ2v) is 5.55. The molecule has 21 heavy (non-hydrogen) atoms. The molecule has 2 heterocycles. The first-order valence-corrected chi connectivity index (χ1v) is 6.89. The van der Waals surface area contributed by atoms with E-state index in [2.05, 4.69) is 15.4 Å². The Morgan fingerprint density at radius 3 is 2.90 bits per heavy atom. The molecule has 5 nitrogen and oxygen atoms in total. The summed E-state index contributed by atoms with van der Waals surface area (Å²) in [4.78, 5) is 16.9. The van der Waals surface area contributed by atoms with E-state index in [1.54, 1.807) is 10.7 Å². The maximum absolute atomic E-state index is 13.1. The molecule has 8 heteroatoms. The van der Waals surface area contributed by atoms with Crippen molar-refractivity contribution < 1.29 is 13.6 Å². The summed E-state index contributed by atoms with van der Waals surface area (Å²) in [7, 11) is 0. The second kappa shape index (κ2) is 5.21. The van der Waals surface area contributed by atoms with E-state index in [1.807, 2.05) is 6.92 Å². The van der Waals surface area contributed by atoms with Gasteiger partial charge in [-0.15, -0.1) is 0 Å². The number of fused-ring (bicyclic) bond motifs is 1. The maximum Gasteiger partial charge on any atom is 0.251 e. The highest BCUT2D eigenvalue weighted by molar-refractivity contribution is 7.16. The van der Waals surface area contributed by atoms with Gasteiger partial charge in [0.2, 0.25) is 4.96 Å². The SMILES string of the molecule is Cc1nn2cc(CNC(=O)c3ccc(F)c(F)c3)nc2s1. The number of nitrogens with one attached hydrogen (secondary N) is 1. The van der Waals surface area contributed by atoms with Crippen LogP contribution in [-0.4, -0.2) is 20.5 Å². The number of nitrogens with zero attached hydrogens (tertiary/aromatic N) is 3. The Kier molecular flexibility index (Phi) is 3.38. The lowest BCUT2D eigenvalue weighted by molar-refractivity contribution is 0.0950. The van der Waals surface area contributed by atoms with Gasteiger partial charge in [-0.3, -0.25) is 4.79 Å². The molecule has 0 saturated heterocycles. The molecule has 2 aromatic heterocycles. The predicted octanol–water partition coefficient (Wildman–Crippen LogP) is 2.31. The molecule has 0 unspecified atom stereocenters. The van der Waals surface area contributed by atoms with Crippen molar-refractivity contribution in [2.24, 2.45) is 0 Å². The standard InChI is InChI=1S/C13H10F2N4OS/c1-7-18-19-6-9(17-13(19)21-7)5-16-12(20)8-2-3-10(14)11(15)4-8/h2-4,6H,5H2,1H3,(H,16,20). The predicted molar refractivity (Wildman–Crippen MR) is 73.1 cm³/mol. The number of halogens is 2. The topological polar surface area (TPSA) is 59.3 Å². The number of carbonyl (C=O) groups excluding carboxylic acids is 1. The molecule has 0 atom stereocenters. The molecule has 0 aliphatic carbocycles. The third-order valence-corrected chi connectivity index (χ3v) is 3.64. The van der Waals surface area contributed by atoms with E-state index in [0.29, 0.717) is 5.69 Å². The molecule has 108 valence electrons. The zero-order valence-electron chi connectivity index (χ0n) is 10.9. The highest BCUT2D eigenvalue weighted by atomic mass is 32.1. The summed E-state index contributed by atoms with van der Waals surface area (Å²) < 4.78 is 27.5. The van der Waals surface area contributed by atoms with Crippen LogP contribution in [-0.2, 0) is 6.54 Å². The number of aryl methyl sites for hydroxylation is 1. The van der Waals surface area contributed by atoms with Crippen LogP contribution in [0.1, 0.15) is 21.1 Å². The van der Waals surface area contributed by atoms with Crippen LogP contribution in [0.2, 0.25) is 0 Å². The van der Waals surface area contributed by atoms with Gasteiger partial charge in [0.15, 0.2) is 11.6 Å². The molecule has 0 aliphatic rings. The molecule has 0 fully saturated rings. The van der Waals surface area contributed by atoms with E-state index in [4.69, 9.17) is 0 Å². The number of amides is 1. The lowest BCUT2D eigenvalue weighted by Crippen LogP contribution is -2.23. The fraction of sp³-hybridized carbons (Fsp3) is 0.154. The minimum atomic E-state index is -1.05. The normalized spacial score (nSPS) is 11.0. The lowest BCUT2D eigenvalue weighted by Gasteiger charge is -2.03. The van der Waals surface area contributed by atoms with Gasteiger partial charge in [0.25, 0.3) is 5.91 Å². The largest absolute Gasteiger partial charge is 0.346 e. The number of carbonyl (C=O) groups is 1. The summed E-state index contributed by atoms with van der Waals surface area (Å²) in [5, 5.41) is 7.71. The average molecular weight is 308 g/mol. The van der Waals surface area contributed by atoms with Crippen molar-refractivity contribution in [3.63, 3.8) is 0 Å². The van der Waals surface area contributed by atoms with Gasteiger partial charge >= 0.3 is 0 Å². The Hall–Kier alpha value is -2.35. The van der Waals surface area contributed by atoms with E-state index in [-0.39, 0.29) is 12.1 Å². The Labute approximate surface area is 122 Å². The fourth-order valence-electron chi connectivity index (χ4n) is 1.84. The van der Waals surface area contributed by atoms with Crippen molar-refractivity contribution in [3.8, 4) is 0 Å². The number of imidazole rings is 1. The minimum absolute atomic E-state index is 0.0592. The van der Waals surface area contributed by atoms with E-state index in [0.717, 1.165) is 22.1 Å². The molecule has 1 N–H and O–H groups in total. The molecule has 0 radical (unpaired) electrons. The third kappa shape index (κ3) is 2.75. The van der Waals surface area contributed by atoms with Crippen molar-refractivity contribution in [1.29, 1.82) is 0 Å². The van der Waals surface area contributed by atoms with Crippen molar-refractivity contribution in [2.75, 3.05) is 0 Å². The fourth-order valence-corrected chi connectivity index (χ4v) is 2.58. The molecule has 0 spiro atoms. The zero-order valence-corrected chi connectivity index (χ0v) is 11.7. The van der Waals surface area contributed by atoms with Crippen LogP contribution in [0.3, 0.4) is 0 Å². The number of hydrogen-bond acceptors (Lipinski definition) is 4. The van der Waals surface area contributed by atoms with Gasteiger partial charge in [-0.25, -0.2) is 18.3 Å². The van der Waals surface area contributed by atoms with Gasteiger partial charge < -0.3 is 5.32 Å².